The maximum absolute atomic E-state index is 13.4. The van der Waals surface area contributed by atoms with E-state index in [9.17, 15) is 4.39 Å². The molecule has 3 rings (SSSR count). The number of rotatable bonds is 5. The molecule has 0 aliphatic carbocycles. The highest BCUT2D eigenvalue weighted by atomic mass is 19.1. The Hall–Kier alpha value is -2.54. The van der Waals surface area contributed by atoms with Crippen molar-refractivity contribution < 1.29 is 9.50 Å². The number of aliphatic hydroxyl groups excluding tert-OH is 1. The lowest BCUT2D eigenvalue weighted by Gasteiger charge is -2.20. The van der Waals surface area contributed by atoms with Gasteiger partial charge in [-0.25, -0.2) is 19.0 Å². The predicted molar refractivity (Wildman–Crippen MR) is 81.6 cm³/mol. The molecule has 0 fully saturated rings. The van der Waals surface area contributed by atoms with Crippen molar-refractivity contribution in [1.82, 2.24) is 19.7 Å². The second-order valence-corrected chi connectivity index (χ2v) is 4.77. The van der Waals surface area contributed by atoms with Gasteiger partial charge in [-0.3, -0.25) is 0 Å². The molecule has 0 bridgehead atoms. The summed E-state index contributed by atoms with van der Waals surface area (Å²) >= 11 is 0. The average Bonchev–Trinajstić information content (AvgIpc) is 2.97. The molecule has 0 radical (unpaired) electrons. The highest BCUT2D eigenvalue weighted by Gasteiger charge is 2.15. The fourth-order valence-electron chi connectivity index (χ4n) is 2.42. The van der Waals surface area contributed by atoms with Gasteiger partial charge in [0, 0.05) is 13.1 Å². The molecule has 0 unspecified atom stereocenters. The molecule has 114 valence electrons. The molecule has 2 heterocycles. The van der Waals surface area contributed by atoms with E-state index in [0.29, 0.717) is 30.2 Å². The maximum atomic E-state index is 13.4. The van der Waals surface area contributed by atoms with E-state index in [4.69, 9.17) is 5.11 Å². The minimum atomic E-state index is -0.328. The summed E-state index contributed by atoms with van der Waals surface area (Å²) in [5, 5.41) is 14.2. The molecule has 3 aromatic rings. The van der Waals surface area contributed by atoms with Gasteiger partial charge >= 0.3 is 0 Å². The Bertz CT molecular complexity index is 788. The van der Waals surface area contributed by atoms with Crippen LogP contribution in [-0.4, -0.2) is 44.6 Å². The van der Waals surface area contributed by atoms with Crippen LogP contribution in [-0.2, 0) is 0 Å². The van der Waals surface area contributed by atoms with Crippen molar-refractivity contribution in [3.05, 3.63) is 42.6 Å². The lowest BCUT2D eigenvalue weighted by atomic mass is 10.3. The molecule has 0 amide bonds. The molecular weight excluding hydrogens is 285 g/mol. The number of halogens is 1. The van der Waals surface area contributed by atoms with E-state index < -0.39 is 0 Å². The fourth-order valence-corrected chi connectivity index (χ4v) is 2.42. The van der Waals surface area contributed by atoms with Crippen LogP contribution in [0.2, 0.25) is 0 Å². The second kappa shape index (κ2) is 6.07. The zero-order valence-corrected chi connectivity index (χ0v) is 12.1. The molecule has 0 aliphatic heterocycles. The third-order valence-electron chi connectivity index (χ3n) is 3.45. The van der Waals surface area contributed by atoms with Crippen LogP contribution < -0.4 is 4.90 Å². The maximum Gasteiger partial charge on any atom is 0.168 e. The Labute approximate surface area is 126 Å². The second-order valence-electron chi connectivity index (χ2n) is 4.77. The summed E-state index contributed by atoms with van der Waals surface area (Å²) in [4.78, 5) is 10.5. The van der Waals surface area contributed by atoms with Crippen molar-refractivity contribution in [2.75, 3.05) is 24.6 Å². The molecule has 0 saturated carbocycles. The lowest BCUT2D eigenvalue weighted by Crippen LogP contribution is -2.27. The Balaban J connectivity index is 2.13. The first kappa shape index (κ1) is 14.4. The van der Waals surface area contributed by atoms with Gasteiger partial charge in [-0.15, -0.1) is 0 Å². The number of likely N-dealkylation sites (N-methyl/N-ethyl adjacent to an activating group) is 1. The van der Waals surface area contributed by atoms with E-state index in [1.807, 2.05) is 11.8 Å². The monoisotopic (exact) mass is 301 g/mol. The standard InChI is InChI=1S/C15H16FN5O/c1-2-20(6-7-22)14-13-9-19-21(15(13)18-10-17-14)12-5-3-4-11(16)8-12/h3-5,8-10,22H,2,6-7H2,1H3. The summed E-state index contributed by atoms with van der Waals surface area (Å²) in [5.74, 6) is 0.384. The topological polar surface area (TPSA) is 67.1 Å². The van der Waals surface area contributed by atoms with E-state index in [1.54, 1.807) is 23.0 Å². The smallest absolute Gasteiger partial charge is 0.168 e. The first-order valence-electron chi connectivity index (χ1n) is 7.05. The molecule has 0 atom stereocenters. The highest BCUT2D eigenvalue weighted by molar-refractivity contribution is 5.87. The quantitative estimate of drug-likeness (QED) is 0.778. The minimum absolute atomic E-state index is 0.0391. The van der Waals surface area contributed by atoms with Crippen LogP contribution in [0.5, 0.6) is 0 Å². The molecule has 22 heavy (non-hydrogen) atoms. The van der Waals surface area contributed by atoms with E-state index in [2.05, 4.69) is 15.1 Å². The van der Waals surface area contributed by atoms with Gasteiger partial charge in [0.25, 0.3) is 0 Å². The first-order chi connectivity index (χ1) is 10.7. The van der Waals surface area contributed by atoms with Gasteiger partial charge < -0.3 is 10.0 Å². The number of nitrogens with zero attached hydrogens (tertiary/aromatic N) is 5. The van der Waals surface area contributed by atoms with E-state index in [1.165, 1.54) is 18.5 Å². The van der Waals surface area contributed by atoms with Gasteiger partial charge in [0.2, 0.25) is 0 Å². The summed E-state index contributed by atoms with van der Waals surface area (Å²) in [6, 6.07) is 6.18. The molecule has 2 aromatic heterocycles. The minimum Gasteiger partial charge on any atom is -0.395 e. The lowest BCUT2D eigenvalue weighted by molar-refractivity contribution is 0.302. The third-order valence-corrected chi connectivity index (χ3v) is 3.45. The zero-order chi connectivity index (χ0) is 15.5. The number of anilines is 1. The molecule has 0 spiro atoms. The number of benzene rings is 1. The van der Waals surface area contributed by atoms with Crippen LogP contribution >= 0.6 is 0 Å². The van der Waals surface area contributed by atoms with Crippen LogP contribution in [0.15, 0.2) is 36.8 Å². The normalized spacial score (nSPS) is 11.0. The summed E-state index contributed by atoms with van der Waals surface area (Å²) in [5.41, 5.74) is 1.21. The van der Waals surface area contributed by atoms with Gasteiger partial charge in [0.1, 0.15) is 18.0 Å². The van der Waals surface area contributed by atoms with Gasteiger partial charge in [-0.2, -0.15) is 5.10 Å². The van der Waals surface area contributed by atoms with Gasteiger partial charge in [-0.05, 0) is 25.1 Å². The number of hydrogen-bond acceptors (Lipinski definition) is 5. The Morgan fingerprint density at radius 3 is 2.91 bits per heavy atom. The molecule has 0 aliphatic rings. The van der Waals surface area contributed by atoms with Gasteiger partial charge in [-0.1, -0.05) is 6.07 Å². The van der Waals surface area contributed by atoms with Crippen molar-refractivity contribution in [3.8, 4) is 5.69 Å². The summed E-state index contributed by atoms with van der Waals surface area (Å²) in [6.45, 7) is 3.21. The summed E-state index contributed by atoms with van der Waals surface area (Å²) in [6.07, 6.45) is 3.12. The summed E-state index contributed by atoms with van der Waals surface area (Å²) in [7, 11) is 0. The molecule has 7 heteroatoms. The number of aromatic nitrogens is 4. The van der Waals surface area contributed by atoms with Crippen molar-refractivity contribution in [1.29, 1.82) is 0 Å². The summed E-state index contributed by atoms with van der Waals surface area (Å²) < 4.78 is 15.0. The Kier molecular flexibility index (Phi) is 3.97. The molecule has 0 saturated heterocycles. The van der Waals surface area contributed by atoms with E-state index in [-0.39, 0.29) is 12.4 Å². The Morgan fingerprint density at radius 2 is 2.18 bits per heavy atom. The largest absolute Gasteiger partial charge is 0.395 e. The fraction of sp³-hybridized carbons (Fsp3) is 0.267. The van der Waals surface area contributed by atoms with Gasteiger partial charge in [0.05, 0.1) is 23.9 Å². The van der Waals surface area contributed by atoms with Gasteiger partial charge in [0.15, 0.2) is 5.65 Å². The van der Waals surface area contributed by atoms with Crippen LogP contribution in [0.25, 0.3) is 16.7 Å². The van der Waals surface area contributed by atoms with Crippen LogP contribution in [0.1, 0.15) is 6.92 Å². The number of fused-ring (bicyclic) bond motifs is 1. The number of hydrogen-bond donors (Lipinski definition) is 1. The zero-order valence-electron chi connectivity index (χ0n) is 12.1. The van der Waals surface area contributed by atoms with Crippen LogP contribution in [0, 0.1) is 5.82 Å². The van der Waals surface area contributed by atoms with E-state index >= 15 is 0 Å². The van der Waals surface area contributed by atoms with Crippen molar-refractivity contribution in [3.63, 3.8) is 0 Å². The van der Waals surface area contributed by atoms with Crippen LogP contribution in [0.3, 0.4) is 0 Å². The Morgan fingerprint density at radius 1 is 1.32 bits per heavy atom. The first-order valence-corrected chi connectivity index (χ1v) is 7.05. The predicted octanol–water partition coefficient (Wildman–Crippen LogP) is 1.77. The molecule has 6 nitrogen and oxygen atoms in total. The molecular formula is C15H16FN5O. The van der Waals surface area contributed by atoms with E-state index in [0.717, 1.165) is 5.39 Å². The van der Waals surface area contributed by atoms with Crippen molar-refractivity contribution >= 4 is 16.9 Å². The van der Waals surface area contributed by atoms with Crippen LogP contribution in [0.4, 0.5) is 10.2 Å². The SMILES string of the molecule is CCN(CCO)c1ncnc2c1cnn2-c1cccc(F)c1. The third kappa shape index (κ3) is 2.50. The van der Waals surface area contributed by atoms with Crippen molar-refractivity contribution in [2.24, 2.45) is 0 Å². The number of aliphatic hydroxyl groups is 1. The highest BCUT2D eigenvalue weighted by Crippen LogP contribution is 2.24. The average molecular weight is 301 g/mol. The molecule has 1 N–H and O–H groups in total. The van der Waals surface area contributed by atoms with Crippen molar-refractivity contribution in [2.45, 2.75) is 6.92 Å². The molecule has 1 aromatic carbocycles.